The summed E-state index contributed by atoms with van der Waals surface area (Å²) in [4.78, 5) is 7.04. The molecule has 0 saturated carbocycles. The minimum Gasteiger partial charge on any atom is -0.310 e. The molecule has 0 aliphatic heterocycles. The van der Waals surface area contributed by atoms with E-state index in [0.29, 0.717) is 33.9 Å². The third-order valence-corrected chi connectivity index (χ3v) is 8.31. The Kier molecular flexibility index (Phi) is 9.27. The Morgan fingerprint density at radius 2 is 0.765 bits per heavy atom. The fourth-order valence-corrected chi connectivity index (χ4v) is 5.84. The Labute approximate surface area is 290 Å². The molecule has 6 aromatic rings. The number of alkyl halides is 6. The zero-order chi connectivity index (χ0) is 36.2. The molecule has 4 nitrogen and oxygen atoms in total. The van der Waals surface area contributed by atoms with Gasteiger partial charge in [-0.1, -0.05) is 48.5 Å². The number of halogens is 6. The van der Waals surface area contributed by atoms with Gasteiger partial charge in [-0.15, -0.1) is 0 Å². The van der Waals surface area contributed by atoms with Crippen LogP contribution in [0.15, 0.2) is 158 Å². The molecule has 0 heterocycles. The molecule has 0 radical (unpaired) electrons. The normalized spacial score (nSPS) is 11.7. The van der Waals surface area contributed by atoms with Crippen molar-refractivity contribution in [3.8, 4) is 6.07 Å². The van der Waals surface area contributed by atoms with Gasteiger partial charge in [0.05, 0.1) is 22.3 Å². The lowest BCUT2D eigenvalue weighted by Crippen LogP contribution is -2.22. The van der Waals surface area contributed by atoms with E-state index in [4.69, 9.17) is 6.57 Å². The molecular weight excluding hydrogens is 662 g/mol. The van der Waals surface area contributed by atoms with Crippen molar-refractivity contribution < 1.29 is 26.3 Å². The number of para-hydroxylation sites is 2. The summed E-state index contributed by atoms with van der Waals surface area (Å²) in [6, 6.07) is 42.6. The van der Waals surface area contributed by atoms with Crippen LogP contribution in [0.2, 0.25) is 0 Å². The van der Waals surface area contributed by atoms with E-state index in [1.165, 1.54) is 12.1 Å². The molecule has 0 spiro atoms. The smallest absolute Gasteiger partial charge is 0.310 e. The van der Waals surface area contributed by atoms with E-state index in [0.717, 1.165) is 24.3 Å². The second-order valence-corrected chi connectivity index (χ2v) is 11.5. The van der Waals surface area contributed by atoms with Crippen molar-refractivity contribution in [1.29, 1.82) is 5.26 Å². The van der Waals surface area contributed by atoms with E-state index < -0.39 is 29.0 Å². The average Bonchev–Trinajstić information content (AvgIpc) is 3.14. The van der Waals surface area contributed by atoms with Gasteiger partial charge in [-0.25, -0.2) is 6.57 Å². The molecule has 0 amide bonds. The van der Waals surface area contributed by atoms with Crippen LogP contribution in [0.4, 0.5) is 60.5 Å². The highest BCUT2D eigenvalue weighted by molar-refractivity contribution is 5.78. The molecule has 51 heavy (non-hydrogen) atoms. The Morgan fingerprint density at radius 1 is 0.431 bits per heavy atom. The monoisotopic (exact) mass is 688 g/mol. The van der Waals surface area contributed by atoms with E-state index in [1.807, 2.05) is 0 Å². The van der Waals surface area contributed by atoms with Gasteiger partial charge in [-0.2, -0.15) is 31.6 Å². The van der Waals surface area contributed by atoms with Crippen molar-refractivity contribution in [2.24, 2.45) is 0 Å². The third kappa shape index (κ3) is 6.99. The van der Waals surface area contributed by atoms with Crippen LogP contribution >= 0.6 is 0 Å². The number of hydrogen-bond donors (Lipinski definition) is 0. The number of rotatable bonds is 8. The van der Waals surface area contributed by atoms with Crippen LogP contribution in [0.5, 0.6) is 0 Å². The van der Waals surface area contributed by atoms with Gasteiger partial charge in [0.2, 0.25) is 0 Å². The molecule has 0 aliphatic carbocycles. The molecule has 0 aliphatic rings. The number of benzene rings is 6. The average molecular weight is 689 g/mol. The molecule has 10 heteroatoms. The molecule has 6 aromatic carbocycles. The second kappa shape index (κ2) is 13.8. The Hall–Kier alpha value is -6.52. The predicted molar refractivity (Wildman–Crippen MR) is 185 cm³/mol. The second-order valence-electron chi connectivity index (χ2n) is 11.5. The summed E-state index contributed by atoms with van der Waals surface area (Å²) < 4.78 is 81.8. The first kappa shape index (κ1) is 34.3. The van der Waals surface area contributed by atoms with Gasteiger partial charge >= 0.3 is 17.9 Å². The first-order chi connectivity index (χ1) is 24.4. The van der Waals surface area contributed by atoms with Gasteiger partial charge < -0.3 is 9.80 Å². The first-order valence-electron chi connectivity index (χ1n) is 15.5. The molecule has 6 rings (SSSR count). The molecule has 0 saturated heterocycles. The van der Waals surface area contributed by atoms with Crippen LogP contribution in [-0.2, 0) is 17.9 Å². The quantitative estimate of drug-likeness (QED) is 0.118. The minimum absolute atomic E-state index is 0.264. The maximum absolute atomic E-state index is 13.6. The van der Waals surface area contributed by atoms with E-state index in [2.05, 4.69) is 10.9 Å². The summed E-state index contributed by atoms with van der Waals surface area (Å²) in [6.07, 6.45) is -9.10. The molecule has 0 unspecified atom stereocenters. The number of anilines is 6. The van der Waals surface area contributed by atoms with Crippen LogP contribution in [0, 0.1) is 17.9 Å². The van der Waals surface area contributed by atoms with E-state index in [-0.39, 0.29) is 11.4 Å². The summed E-state index contributed by atoms with van der Waals surface area (Å²) in [5.74, 6) is 0. The number of nitrogens with zero attached hydrogens (tertiary/aromatic N) is 4. The number of hydrogen-bond acceptors (Lipinski definition) is 3. The predicted octanol–water partition coefficient (Wildman–Crippen LogP) is 12.4. The molecule has 252 valence electrons. The standard InChI is InChI=1S/C41H26F6N4/c1-49-39(28-48,29-18-22-35(23-19-29)50(33-12-4-2-5-13-33)37-16-8-10-31(26-37)40(42,43)44)30-20-24-36(25-21-30)51(34-14-6-3-7-15-34)38-17-9-11-32(27-38)41(45,46)47/h2-27H. The molecule has 0 bridgehead atoms. The molecule has 0 N–H and O–H groups in total. The highest BCUT2D eigenvalue weighted by atomic mass is 19.4. The fraction of sp³-hybridized carbons (Fsp3) is 0.0732. The van der Waals surface area contributed by atoms with Crippen molar-refractivity contribution in [3.63, 3.8) is 0 Å². The molecule has 0 fully saturated rings. The maximum Gasteiger partial charge on any atom is 0.416 e. The van der Waals surface area contributed by atoms with Crippen molar-refractivity contribution >= 4 is 34.1 Å². The van der Waals surface area contributed by atoms with E-state index >= 15 is 0 Å². The molecular formula is C41H26F6N4. The summed E-state index contributed by atoms with van der Waals surface area (Å²) in [6.45, 7) is 8.13. The summed E-state index contributed by atoms with van der Waals surface area (Å²) in [5, 5.41) is 10.5. The largest absolute Gasteiger partial charge is 0.416 e. The van der Waals surface area contributed by atoms with Gasteiger partial charge in [0.15, 0.2) is 6.07 Å². The third-order valence-electron chi connectivity index (χ3n) is 8.31. The Morgan fingerprint density at radius 3 is 1.08 bits per heavy atom. The van der Waals surface area contributed by atoms with Gasteiger partial charge in [0.1, 0.15) is 0 Å². The zero-order valence-corrected chi connectivity index (χ0v) is 26.6. The van der Waals surface area contributed by atoms with E-state index in [9.17, 15) is 31.6 Å². The van der Waals surface area contributed by atoms with Crippen LogP contribution in [0.25, 0.3) is 4.85 Å². The zero-order valence-electron chi connectivity index (χ0n) is 26.6. The van der Waals surface area contributed by atoms with Crippen LogP contribution in [-0.4, -0.2) is 0 Å². The van der Waals surface area contributed by atoms with Gasteiger partial charge in [-0.3, -0.25) is 4.85 Å². The highest BCUT2D eigenvalue weighted by Gasteiger charge is 2.42. The van der Waals surface area contributed by atoms with Crippen molar-refractivity contribution in [2.75, 3.05) is 9.80 Å². The lowest BCUT2D eigenvalue weighted by Gasteiger charge is -2.27. The SMILES string of the molecule is [C-]#[N+]C(C#N)(c1ccc(N(c2ccccc2)c2cccc(C(F)(F)F)c2)cc1)c1ccc(N(c2ccccc2)c2cccc(C(F)(F)F)c2)cc1. The molecule has 0 aromatic heterocycles. The summed E-state index contributed by atoms with van der Waals surface area (Å²) in [7, 11) is 0. The Bertz CT molecular complexity index is 2040. The van der Waals surface area contributed by atoms with Crippen molar-refractivity contribution in [3.05, 3.63) is 191 Å². The first-order valence-corrected chi connectivity index (χ1v) is 15.5. The van der Waals surface area contributed by atoms with E-state index in [1.54, 1.807) is 131 Å². The van der Waals surface area contributed by atoms with Gasteiger partial charge in [0, 0.05) is 34.1 Å². The van der Waals surface area contributed by atoms with Crippen LogP contribution in [0.1, 0.15) is 22.3 Å². The molecule has 0 atom stereocenters. The number of nitriles is 1. The highest BCUT2D eigenvalue weighted by Crippen LogP contribution is 2.42. The van der Waals surface area contributed by atoms with Gasteiger partial charge in [-0.05, 0) is 109 Å². The van der Waals surface area contributed by atoms with Crippen molar-refractivity contribution in [1.82, 2.24) is 0 Å². The maximum atomic E-state index is 13.6. The van der Waals surface area contributed by atoms with Crippen LogP contribution in [0.3, 0.4) is 0 Å². The van der Waals surface area contributed by atoms with Crippen LogP contribution < -0.4 is 9.80 Å². The topological polar surface area (TPSA) is 34.6 Å². The van der Waals surface area contributed by atoms with Gasteiger partial charge in [0.25, 0.3) is 0 Å². The fourth-order valence-electron chi connectivity index (χ4n) is 5.84. The lowest BCUT2D eigenvalue weighted by molar-refractivity contribution is -0.138. The van der Waals surface area contributed by atoms with Crippen molar-refractivity contribution in [2.45, 2.75) is 17.9 Å². The lowest BCUT2D eigenvalue weighted by atomic mass is 9.84. The summed E-state index contributed by atoms with van der Waals surface area (Å²) >= 11 is 0. The Balaban J connectivity index is 1.38. The summed E-state index contributed by atoms with van der Waals surface area (Å²) in [5.41, 5.74) is -0.0584. The minimum atomic E-state index is -4.55.